The molecule has 0 saturated carbocycles. The van der Waals surface area contributed by atoms with Crippen molar-refractivity contribution in [2.45, 2.75) is 12.3 Å². The normalized spacial score (nSPS) is 19.7. The van der Waals surface area contributed by atoms with Crippen LogP contribution in [0.4, 0.5) is 11.8 Å². The van der Waals surface area contributed by atoms with E-state index in [1.54, 1.807) is 7.11 Å². The number of aromatic nitrogens is 2. The van der Waals surface area contributed by atoms with Gasteiger partial charge in [0.15, 0.2) is 0 Å². The number of H-pyrrole nitrogens is 1. The number of hydrogen-bond acceptors (Lipinski definition) is 6. The first-order valence-corrected chi connectivity index (χ1v) is 8.56. The van der Waals surface area contributed by atoms with Gasteiger partial charge >= 0.3 is 0 Å². The fraction of sp³-hybridized carbons (Fsp3) is 0.389. The zero-order valence-electron chi connectivity index (χ0n) is 14.4. The highest BCUT2D eigenvalue weighted by Gasteiger charge is 2.31. The van der Waals surface area contributed by atoms with Crippen LogP contribution in [0.15, 0.2) is 29.1 Å². The lowest BCUT2D eigenvalue weighted by atomic mass is 9.87. The minimum Gasteiger partial charge on any atom is -0.497 e. The van der Waals surface area contributed by atoms with Crippen LogP contribution in [0.25, 0.3) is 0 Å². The van der Waals surface area contributed by atoms with Gasteiger partial charge < -0.3 is 19.7 Å². The third-order valence-corrected chi connectivity index (χ3v) is 4.75. The van der Waals surface area contributed by atoms with Crippen molar-refractivity contribution >= 4 is 17.7 Å². The number of nitrogens with one attached hydrogen (secondary N) is 2. The van der Waals surface area contributed by atoms with Crippen molar-refractivity contribution < 1.29 is 14.3 Å². The van der Waals surface area contributed by atoms with Gasteiger partial charge in [-0.1, -0.05) is 12.1 Å². The van der Waals surface area contributed by atoms with Crippen molar-refractivity contribution in [1.29, 1.82) is 0 Å². The highest BCUT2D eigenvalue weighted by Crippen LogP contribution is 2.35. The Bertz CT molecular complexity index is 889. The summed E-state index contributed by atoms with van der Waals surface area (Å²) in [7, 11) is 1.59. The molecule has 2 aromatic rings. The maximum absolute atomic E-state index is 12.8. The first-order valence-electron chi connectivity index (χ1n) is 8.56. The number of methoxy groups -OCH3 is 1. The minimum atomic E-state index is -0.358. The van der Waals surface area contributed by atoms with Crippen LogP contribution in [0.3, 0.4) is 0 Å². The molecule has 2 aliphatic rings. The average molecular weight is 356 g/mol. The predicted octanol–water partition coefficient (Wildman–Crippen LogP) is 1.09. The Hall–Kier alpha value is -2.87. The molecule has 0 radical (unpaired) electrons. The summed E-state index contributed by atoms with van der Waals surface area (Å²) < 4.78 is 10.6. The van der Waals surface area contributed by atoms with E-state index in [0.717, 1.165) is 5.56 Å². The van der Waals surface area contributed by atoms with Crippen molar-refractivity contribution in [3.05, 3.63) is 45.7 Å². The largest absolute Gasteiger partial charge is 0.497 e. The molecule has 1 fully saturated rings. The van der Waals surface area contributed by atoms with Crippen molar-refractivity contribution in [3.8, 4) is 5.75 Å². The number of hydrogen-bond donors (Lipinski definition) is 2. The number of carbonyl (C=O) groups is 1. The smallest absolute Gasteiger partial charge is 0.258 e. The lowest BCUT2D eigenvalue weighted by Gasteiger charge is -2.29. The molecule has 0 aliphatic carbocycles. The lowest BCUT2D eigenvalue weighted by Crippen LogP contribution is -2.40. The molecule has 1 amide bonds. The zero-order chi connectivity index (χ0) is 18.1. The third kappa shape index (κ3) is 3.03. The molecule has 4 rings (SSSR count). The van der Waals surface area contributed by atoms with E-state index in [1.807, 2.05) is 29.2 Å². The lowest BCUT2D eigenvalue weighted by molar-refractivity contribution is -0.116. The van der Waals surface area contributed by atoms with Crippen LogP contribution < -0.4 is 20.5 Å². The van der Waals surface area contributed by atoms with Gasteiger partial charge in [0.2, 0.25) is 11.9 Å². The number of amides is 1. The van der Waals surface area contributed by atoms with Crippen LogP contribution in [-0.4, -0.2) is 49.3 Å². The van der Waals surface area contributed by atoms with Gasteiger partial charge in [-0.2, -0.15) is 4.98 Å². The Balaban J connectivity index is 1.77. The number of rotatable bonds is 3. The molecule has 0 unspecified atom stereocenters. The van der Waals surface area contributed by atoms with E-state index in [2.05, 4.69) is 15.3 Å². The van der Waals surface area contributed by atoms with Gasteiger partial charge in [0.1, 0.15) is 11.6 Å². The molecule has 1 saturated heterocycles. The van der Waals surface area contributed by atoms with Crippen LogP contribution in [0.5, 0.6) is 5.75 Å². The summed E-state index contributed by atoms with van der Waals surface area (Å²) in [6, 6.07) is 7.43. The van der Waals surface area contributed by atoms with Gasteiger partial charge in [-0.05, 0) is 17.7 Å². The molecule has 3 heterocycles. The van der Waals surface area contributed by atoms with E-state index >= 15 is 0 Å². The number of fused-ring (bicyclic) bond motifs is 1. The molecule has 26 heavy (non-hydrogen) atoms. The zero-order valence-corrected chi connectivity index (χ0v) is 14.4. The van der Waals surface area contributed by atoms with Gasteiger partial charge in [0.05, 0.1) is 25.9 Å². The summed E-state index contributed by atoms with van der Waals surface area (Å²) in [6.07, 6.45) is 0.196. The van der Waals surface area contributed by atoms with Gasteiger partial charge in [-0.15, -0.1) is 0 Å². The van der Waals surface area contributed by atoms with Gasteiger partial charge in [-0.25, -0.2) is 0 Å². The van der Waals surface area contributed by atoms with Crippen LogP contribution in [0.1, 0.15) is 23.5 Å². The van der Waals surface area contributed by atoms with E-state index in [1.165, 1.54) is 0 Å². The summed E-state index contributed by atoms with van der Waals surface area (Å²) in [5.74, 6) is 0.965. The molecule has 1 aromatic heterocycles. The maximum Gasteiger partial charge on any atom is 0.258 e. The average Bonchev–Trinajstić information content (AvgIpc) is 2.67. The predicted molar refractivity (Wildman–Crippen MR) is 96.0 cm³/mol. The van der Waals surface area contributed by atoms with Crippen molar-refractivity contribution in [1.82, 2.24) is 9.97 Å². The van der Waals surface area contributed by atoms with E-state index in [4.69, 9.17) is 9.47 Å². The Morgan fingerprint density at radius 2 is 2.08 bits per heavy atom. The van der Waals surface area contributed by atoms with Gasteiger partial charge in [0, 0.05) is 25.4 Å². The second kappa shape index (κ2) is 6.80. The number of morpholine rings is 1. The van der Waals surface area contributed by atoms with E-state index in [9.17, 15) is 9.59 Å². The van der Waals surface area contributed by atoms with Crippen molar-refractivity contribution in [2.75, 3.05) is 43.6 Å². The van der Waals surface area contributed by atoms with Crippen LogP contribution in [-0.2, 0) is 9.53 Å². The molecule has 0 bridgehead atoms. The Labute approximate surface area is 150 Å². The standard InChI is InChI=1S/C18H20N4O4/c1-25-12-4-2-3-11(9-12)13-10-14(23)19-16-15(13)17(24)21-18(20-16)22-5-7-26-8-6-22/h2-4,9,13H,5-8,10H2,1H3,(H2,19,20,21,23,24)/t13-/m1/s1. The first kappa shape index (κ1) is 16.6. The van der Waals surface area contributed by atoms with Gasteiger partial charge in [-0.3, -0.25) is 14.6 Å². The number of anilines is 2. The number of nitrogens with zero attached hydrogens (tertiary/aromatic N) is 2. The van der Waals surface area contributed by atoms with Gasteiger partial charge in [0.25, 0.3) is 5.56 Å². The highest BCUT2D eigenvalue weighted by molar-refractivity contribution is 5.94. The summed E-state index contributed by atoms with van der Waals surface area (Å²) in [4.78, 5) is 34.4. The van der Waals surface area contributed by atoms with Crippen LogP contribution in [0.2, 0.25) is 0 Å². The monoisotopic (exact) mass is 356 g/mol. The quantitative estimate of drug-likeness (QED) is 0.855. The topological polar surface area (TPSA) is 96.5 Å². The molecular formula is C18H20N4O4. The summed E-state index contributed by atoms with van der Waals surface area (Å²) in [5, 5.41) is 2.75. The minimum absolute atomic E-state index is 0.156. The molecule has 1 aromatic carbocycles. The van der Waals surface area contributed by atoms with E-state index in [0.29, 0.717) is 49.4 Å². The molecule has 2 aliphatic heterocycles. The van der Waals surface area contributed by atoms with Crippen molar-refractivity contribution in [3.63, 3.8) is 0 Å². The second-order valence-corrected chi connectivity index (χ2v) is 6.33. The molecule has 8 nitrogen and oxygen atoms in total. The van der Waals surface area contributed by atoms with Crippen LogP contribution in [0, 0.1) is 0 Å². The van der Waals surface area contributed by atoms with E-state index < -0.39 is 0 Å². The number of ether oxygens (including phenoxy) is 2. The Kier molecular flexibility index (Phi) is 4.34. The molecular weight excluding hydrogens is 336 g/mol. The van der Waals surface area contributed by atoms with Crippen molar-refractivity contribution in [2.24, 2.45) is 0 Å². The number of benzene rings is 1. The molecule has 0 spiro atoms. The highest BCUT2D eigenvalue weighted by atomic mass is 16.5. The molecule has 8 heteroatoms. The summed E-state index contributed by atoms with van der Waals surface area (Å²) in [5.41, 5.74) is 1.10. The fourth-order valence-electron chi connectivity index (χ4n) is 3.43. The maximum atomic E-state index is 12.8. The number of carbonyl (C=O) groups excluding carboxylic acids is 1. The summed E-state index contributed by atoms with van der Waals surface area (Å²) in [6.45, 7) is 2.46. The molecule has 1 atom stereocenters. The second-order valence-electron chi connectivity index (χ2n) is 6.33. The first-order chi connectivity index (χ1) is 12.7. The number of aromatic amines is 1. The van der Waals surface area contributed by atoms with E-state index in [-0.39, 0.29) is 23.8 Å². The Morgan fingerprint density at radius 1 is 1.27 bits per heavy atom. The fourth-order valence-corrected chi connectivity index (χ4v) is 3.43. The molecule has 2 N–H and O–H groups in total. The SMILES string of the molecule is COc1cccc([C@H]2CC(=O)Nc3nc(N4CCOCC4)[nH]c(=O)c32)c1. The van der Waals surface area contributed by atoms with Crippen LogP contribution >= 0.6 is 0 Å². The molecule has 136 valence electrons. The third-order valence-electron chi connectivity index (χ3n) is 4.75. The Morgan fingerprint density at radius 3 is 2.85 bits per heavy atom. The summed E-state index contributed by atoms with van der Waals surface area (Å²) >= 11 is 0.